The first kappa shape index (κ1) is 10.6. The third kappa shape index (κ3) is 2.79. The Morgan fingerprint density at radius 3 is 2.87 bits per heavy atom. The second kappa shape index (κ2) is 4.33. The van der Waals surface area contributed by atoms with E-state index in [1.54, 1.807) is 12.3 Å². The van der Waals surface area contributed by atoms with E-state index < -0.39 is 5.60 Å². The van der Waals surface area contributed by atoms with Crippen molar-refractivity contribution >= 4 is 17.4 Å². The quantitative estimate of drug-likeness (QED) is 0.774. The lowest BCUT2D eigenvalue weighted by Crippen LogP contribution is -2.33. The lowest BCUT2D eigenvalue weighted by Gasteiger charge is -2.22. The number of halogens is 1. The highest BCUT2D eigenvalue weighted by Crippen LogP contribution is 2.29. The van der Waals surface area contributed by atoms with Crippen LogP contribution in [0.4, 0.5) is 5.82 Å². The summed E-state index contributed by atoms with van der Waals surface area (Å²) in [5.74, 6) is 0.662. The number of aromatic nitrogens is 2. The van der Waals surface area contributed by atoms with Crippen LogP contribution in [-0.2, 0) is 0 Å². The van der Waals surface area contributed by atoms with Crippen molar-refractivity contribution in [1.82, 2.24) is 9.97 Å². The van der Waals surface area contributed by atoms with E-state index in [0.717, 1.165) is 25.7 Å². The molecule has 0 amide bonds. The fourth-order valence-electron chi connectivity index (χ4n) is 1.90. The van der Waals surface area contributed by atoms with Gasteiger partial charge in [0.2, 0.25) is 5.28 Å². The lowest BCUT2D eigenvalue weighted by atomic mass is 10.0. The highest BCUT2D eigenvalue weighted by Gasteiger charge is 2.30. The number of nitrogens with one attached hydrogen (secondary N) is 1. The standard InChI is InChI=1S/C10H14ClN3O/c11-9-12-6-3-8(14-9)13-7-10(15)4-1-2-5-10/h3,6,15H,1-2,4-5,7H2,(H,12,13,14). The smallest absolute Gasteiger partial charge is 0.224 e. The molecule has 82 valence electrons. The second-order valence-corrected chi connectivity index (χ2v) is 4.33. The van der Waals surface area contributed by atoms with E-state index in [2.05, 4.69) is 15.3 Å². The molecule has 1 aliphatic carbocycles. The second-order valence-electron chi connectivity index (χ2n) is 4.00. The van der Waals surface area contributed by atoms with E-state index >= 15 is 0 Å². The molecule has 1 saturated carbocycles. The van der Waals surface area contributed by atoms with Crippen molar-refractivity contribution in [3.63, 3.8) is 0 Å². The molecule has 0 saturated heterocycles. The van der Waals surface area contributed by atoms with E-state index in [1.807, 2.05) is 0 Å². The van der Waals surface area contributed by atoms with Crippen LogP contribution in [0.2, 0.25) is 5.28 Å². The fraction of sp³-hybridized carbons (Fsp3) is 0.600. The predicted octanol–water partition coefficient (Wildman–Crippen LogP) is 1.85. The van der Waals surface area contributed by atoms with E-state index in [1.165, 1.54) is 0 Å². The Morgan fingerprint density at radius 1 is 1.47 bits per heavy atom. The molecule has 1 aromatic heterocycles. The Morgan fingerprint density at radius 2 is 2.20 bits per heavy atom. The van der Waals surface area contributed by atoms with Gasteiger partial charge in [-0.25, -0.2) is 9.97 Å². The van der Waals surface area contributed by atoms with Gasteiger partial charge in [-0.1, -0.05) is 12.8 Å². The van der Waals surface area contributed by atoms with Gasteiger partial charge in [0.1, 0.15) is 5.82 Å². The van der Waals surface area contributed by atoms with Crippen LogP contribution in [0, 0.1) is 0 Å². The van der Waals surface area contributed by atoms with Crippen molar-refractivity contribution in [3.8, 4) is 0 Å². The fourth-order valence-corrected chi connectivity index (χ4v) is 2.05. The van der Waals surface area contributed by atoms with Crippen LogP contribution in [0.5, 0.6) is 0 Å². The molecule has 5 heteroatoms. The normalized spacial score (nSPS) is 19.1. The van der Waals surface area contributed by atoms with Gasteiger partial charge in [0, 0.05) is 12.7 Å². The number of aliphatic hydroxyl groups is 1. The zero-order chi connectivity index (χ0) is 10.7. The molecular weight excluding hydrogens is 214 g/mol. The zero-order valence-electron chi connectivity index (χ0n) is 8.41. The van der Waals surface area contributed by atoms with Crippen molar-refractivity contribution < 1.29 is 5.11 Å². The molecule has 0 unspecified atom stereocenters. The van der Waals surface area contributed by atoms with Gasteiger partial charge in [0.05, 0.1) is 5.60 Å². The summed E-state index contributed by atoms with van der Waals surface area (Å²) in [6.45, 7) is 0.528. The van der Waals surface area contributed by atoms with Crippen LogP contribution in [0.25, 0.3) is 0 Å². The van der Waals surface area contributed by atoms with Gasteiger partial charge in [-0.15, -0.1) is 0 Å². The van der Waals surface area contributed by atoms with Crippen molar-refractivity contribution in [1.29, 1.82) is 0 Å². The van der Waals surface area contributed by atoms with Crippen LogP contribution < -0.4 is 5.32 Å². The van der Waals surface area contributed by atoms with Gasteiger partial charge in [-0.3, -0.25) is 0 Å². The highest BCUT2D eigenvalue weighted by atomic mass is 35.5. The first-order chi connectivity index (χ1) is 7.18. The Kier molecular flexibility index (Phi) is 3.07. The summed E-state index contributed by atoms with van der Waals surface area (Å²) < 4.78 is 0. The van der Waals surface area contributed by atoms with E-state index in [9.17, 15) is 5.11 Å². The van der Waals surface area contributed by atoms with Crippen LogP contribution in [0.3, 0.4) is 0 Å². The van der Waals surface area contributed by atoms with Crippen molar-refractivity contribution in [2.75, 3.05) is 11.9 Å². The summed E-state index contributed by atoms with van der Waals surface area (Å²) in [5, 5.41) is 13.4. The summed E-state index contributed by atoms with van der Waals surface area (Å²) >= 11 is 5.65. The molecule has 0 bridgehead atoms. The van der Waals surface area contributed by atoms with Gasteiger partial charge in [0.15, 0.2) is 0 Å². The van der Waals surface area contributed by atoms with Gasteiger partial charge >= 0.3 is 0 Å². The van der Waals surface area contributed by atoms with Crippen LogP contribution in [0.1, 0.15) is 25.7 Å². The highest BCUT2D eigenvalue weighted by molar-refractivity contribution is 6.28. The summed E-state index contributed by atoms with van der Waals surface area (Å²) in [7, 11) is 0. The molecule has 2 rings (SSSR count). The SMILES string of the molecule is OC1(CNc2ccnc(Cl)n2)CCCC1. The number of hydrogen-bond acceptors (Lipinski definition) is 4. The molecule has 1 heterocycles. The van der Waals surface area contributed by atoms with Gasteiger partial charge < -0.3 is 10.4 Å². The molecule has 1 fully saturated rings. The number of anilines is 1. The maximum atomic E-state index is 10.1. The molecular formula is C10H14ClN3O. The number of hydrogen-bond donors (Lipinski definition) is 2. The molecule has 15 heavy (non-hydrogen) atoms. The summed E-state index contributed by atoms with van der Waals surface area (Å²) in [6.07, 6.45) is 5.51. The zero-order valence-corrected chi connectivity index (χ0v) is 9.17. The maximum Gasteiger partial charge on any atom is 0.224 e. The van der Waals surface area contributed by atoms with Gasteiger partial charge in [-0.05, 0) is 30.5 Å². The third-order valence-electron chi connectivity index (χ3n) is 2.76. The molecule has 0 atom stereocenters. The average molecular weight is 228 g/mol. The van der Waals surface area contributed by atoms with Crippen molar-refractivity contribution in [2.24, 2.45) is 0 Å². The largest absolute Gasteiger partial charge is 0.388 e. The van der Waals surface area contributed by atoms with Crippen molar-refractivity contribution in [2.45, 2.75) is 31.3 Å². The van der Waals surface area contributed by atoms with E-state index in [4.69, 9.17) is 11.6 Å². The van der Waals surface area contributed by atoms with Crippen molar-refractivity contribution in [3.05, 3.63) is 17.5 Å². The first-order valence-corrected chi connectivity index (χ1v) is 5.51. The Hall–Kier alpha value is -0.870. The average Bonchev–Trinajstić information content (AvgIpc) is 2.63. The maximum absolute atomic E-state index is 10.1. The monoisotopic (exact) mass is 227 g/mol. The first-order valence-electron chi connectivity index (χ1n) is 5.13. The molecule has 2 N–H and O–H groups in total. The summed E-state index contributed by atoms with van der Waals surface area (Å²) in [6, 6.07) is 1.74. The minimum Gasteiger partial charge on any atom is -0.388 e. The molecule has 1 aliphatic rings. The van der Waals surface area contributed by atoms with Gasteiger partial charge in [-0.2, -0.15) is 0 Å². The van der Waals surface area contributed by atoms with Gasteiger partial charge in [0.25, 0.3) is 0 Å². The molecule has 0 radical (unpaired) electrons. The molecule has 0 aromatic carbocycles. The predicted molar refractivity (Wildman–Crippen MR) is 58.9 cm³/mol. The van der Waals surface area contributed by atoms with Crippen LogP contribution in [-0.4, -0.2) is 27.2 Å². The lowest BCUT2D eigenvalue weighted by molar-refractivity contribution is 0.0614. The minimum atomic E-state index is -0.572. The Labute approximate surface area is 93.7 Å². The Balaban J connectivity index is 1.92. The molecule has 1 aromatic rings. The number of nitrogens with zero attached hydrogens (tertiary/aromatic N) is 2. The molecule has 4 nitrogen and oxygen atoms in total. The Bertz CT molecular complexity index is 339. The summed E-state index contributed by atoms with van der Waals surface area (Å²) in [4.78, 5) is 7.79. The van der Waals surface area contributed by atoms with E-state index in [-0.39, 0.29) is 5.28 Å². The topological polar surface area (TPSA) is 58.0 Å². The van der Waals surface area contributed by atoms with Crippen LogP contribution in [0.15, 0.2) is 12.3 Å². The summed E-state index contributed by atoms with van der Waals surface area (Å²) in [5.41, 5.74) is -0.572. The van der Waals surface area contributed by atoms with E-state index in [0.29, 0.717) is 12.4 Å². The molecule has 0 spiro atoms. The number of rotatable bonds is 3. The minimum absolute atomic E-state index is 0.221. The third-order valence-corrected chi connectivity index (χ3v) is 2.94. The molecule has 0 aliphatic heterocycles. The van der Waals surface area contributed by atoms with Crippen LogP contribution >= 0.6 is 11.6 Å².